The number of imidazole rings is 1. The van der Waals surface area contributed by atoms with Gasteiger partial charge in [-0.3, -0.25) is 0 Å². The Morgan fingerprint density at radius 1 is 1.47 bits per heavy atom. The molecule has 0 aliphatic rings. The molecule has 1 aromatic rings. The van der Waals surface area contributed by atoms with Crippen molar-refractivity contribution in [1.29, 1.82) is 0 Å². The van der Waals surface area contributed by atoms with E-state index >= 15 is 0 Å². The molecule has 1 heterocycles. The topological polar surface area (TPSA) is 29.9 Å². The van der Waals surface area contributed by atoms with Gasteiger partial charge in [-0.05, 0) is 19.4 Å². The third-order valence-electron chi connectivity index (χ3n) is 2.76. The first kappa shape index (κ1) is 12.2. The Labute approximate surface area is 92.9 Å². The van der Waals surface area contributed by atoms with Gasteiger partial charge in [0, 0.05) is 31.4 Å². The quantitative estimate of drug-likeness (QED) is 0.779. The van der Waals surface area contributed by atoms with Gasteiger partial charge in [-0.2, -0.15) is 0 Å². The molecule has 3 heteroatoms. The van der Waals surface area contributed by atoms with Crippen molar-refractivity contribution in [3.05, 3.63) is 18.2 Å². The van der Waals surface area contributed by atoms with E-state index in [4.69, 9.17) is 0 Å². The predicted molar refractivity (Wildman–Crippen MR) is 64.0 cm³/mol. The van der Waals surface area contributed by atoms with Crippen LogP contribution in [0.3, 0.4) is 0 Å². The predicted octanol–water partition coefficient (Wildman–Crippen LogP) is 2.25. The number of nitrogens with one attached hydrogen (secondary N) is 1. The summed E-state index contributed by atoms with van der Waals surface area (Å²) in [5.41, 5.74) is 0. The Morgan fingerprint density at radius 3 is 2.73 bits per heavy atom. The average molecular weight is 209 g/mol. The van der Waals surface area contributed by atoms with E-state index in [1.54, 1.807) is 0 Å². The molecule has 0 aliphatic heterocycles. The van der Waals surface area contributed by atoms with E-state index in [9.17, 15) is 0 Å². The van der Waals surface area contributed by atoms with Gasteiger partial charge in [0.1, 0.15) is 5.82 Å². The number of hydrogen-bond donors (Lipinski definition) is 1. The van der Waals surface area contributed by atoms with Crippen LogP contribution in [0.1, 0.15) is 39.1 Å². The Morgan fingerprint density at radius 2 is 2.20 bits per heavy atom. The maximum Gasteiger partial charge on any atom is 0.108 e. The lowest BCUT2D eigenvalue weighted by atomic mass is 10.0. The van der Waals surface area contributed by atoms with Crippen LogP contribution in [-0.4, -0.2) is 23.1 Å². The lowest BCUT2D eigenvalue weighted by Crippen LogP contribution is -2.27. The van der Waals surface area contributed by atoms with E-state index in [0.717, 1.165) is 19.4 Å². The molecule has 86 valence electrons. The van der Waals surface area contributed by atoms with Crippen molar-refractivity contribution < 1.29 is 0 Å². The molecular weight excluding hydrogens is 186 g/mol. The molecule has 15 heavy (non-hydrogen) atoms. The van der Waals surface area contributed by atoms with Gasteiger partial charge in [-0.25, -0.2) is 4.98 Å². The summed E-state index contributed by atoms with van der Waals surface area (Å²) in [6.45, 7) is 7.72. The van der Waals surface area contributed by atoms with E-state index in [0.29, 0.717) is 12.0 Å². The molecule has 0 saturated carbocycles. The van der Waals surface area contributed by atoms with Crippen LogP contribution in [0, 0.1) is 5.92 Å². The van der Waals surface area contributed by atoms with Gasteiger partial charge in [0.05, 0.1) is 0 Å². The highest BCUT2D eigenvalue weighted by Crippen LogP contribution is 2.19. The van der Waals surface area contributed by atoms with E-state index in [2.05, 4.69) is 41.8 Å². The van der Waals surface area contributed by atoms with Gasteiger partial charge in [-0.15, -0.1) is 0 Å². The van der Waals surface area contributed by atoms with Gasteiger partial charge in [0.2, 0.25) is 0 Å². The minimum absolute atomic E-state index is 0.513. The number of likely N-dealkylation sites (N-methyl/N-ethyl adjacent to an activating group) is 1. The van der Waals surface area contributed by atoms with E-state index in [1.807, 2.05) is 13.2 Å². The van der Waals surface area contributed by atoms with Crippen LogP contribution in [0.2, 0.25) is 0 Å². The van der Waals surface area contributed by atoms with Crippen LogP contribution in [0.5, 0.6) is 0 Å². The normalized spacial score (nSPS) is 13.4. The van der Waals surface area contributed by atoms with Crippen molar-refractivity contribution in [3.8, 4) is 0 Å². The van der Waals surface area contributed by atoms with Gasteiger partial charge < -0.3 is 9.88 Å². The molecule has 1 unspecified atom stereocenters. The molecule has 1 N–H and O–H groups in total. The summed E-state index contributed by atoms with van der Waals surface area (Å²) in [5.74, 6) is 1.84. The average Bonchev–Trinajstić information content (AvgIpc) is 2.62. The van der Waals surface area contributed by atoms with Crippen LogP contribution in [0.25, 0.3) is 0 Å². The Bertz CT molecular complexity index is 278. The zero-order chi connectivity index (χ0) is 11.3. The fourth-order valence-electron chi connectivity index (χ4n) is 1.93. The fourth-order valence-corrected chi connectivity index (χ4v) is 1.93. The summed E-state index contributed by atoms with van der Waals surface area (Å²) in [5, 5.41) is 3.26. The van der Waals surface area contributed by atoms with E-state index in [1.165, 1.54) is 5.82 Å². The highest BCUT2D eigenvalue weighted by atomic mass is 15.1. The molecule has 1 rings (SSSR count). The van der Waals surface area contributed by atoms with Crippen molar-refractivity contribution in [2.75, 3.05) is 13.6 Å². The zero-order valence-electron chi connectivity index (χ0n) is 10.3. The second-order valence-corrected chi connectivity index (χ2v) is 4.37. The molecule has 0 aliphatic carbocycles. The first-order valence-electron chi connectivity index (χ1n) is 5.87. The maximum absolute atomic E-state index is 4.43. The summed E-state index contributed by atoms with van der Waals surface area (Å²) in [4.78, 5) is 4.43. The smallest absolute Gasteiger partial charge is 0.108 e. The van der Waals surface area contributed by atoms with Crippen molar-refractivity contribution in [3.63, 3.8) is 0 Å². The van der Waals surface area contributed by atoms with Crippen molar-refractivity contribution in [2.45, 2.75) is 39.7 Å². The Kier molecular flexibility index (Phi) is 4.82. The van der Waals surface area contributed by atoms with E-state index < -0.39 is 0 Å². The molecule has 0 aromatic carbocycles. The maximum atomic E-state index is 4.43. The Hall–Kier alpha value is -0.830. The number of aryl methyl sites for hydroxylation is 1. The number of rotatable bonds is 6. The van der Waals surface area contributed by atoms with Crippen LogP contribution in [-0.2, 0) is 6.42 Å². The van der Waals surface area contributed by atoms with Crippen LogP contribution in [0.4, 0.5) is 0 Å². The third-order valence-corrected chi connectivity index (χ3v) is 2.76. The molecule has 1 aromatic heterocycles. The molecule has 1 atom stereocenters. The summed E-state index contributed by atoms with van der Waals surface area (Å²) in [7, 11) is 2.01. The first-order valence-corrected chi connectivity index (χ1v) is 5.87. The molecule has 0 amide bonds. The van der Waals surface area contributed by atoms with Gasteiger partial charge >= 0.3 is 0 Å². The van der Waals surface area contributed by atoms with Gasteiger partial charge in [-0.1, -0.05) is 20.8 Å². The third kappa shape index (κ3) is 3.06. The van der Waals surface area contributed by atoms with Crippen LogP contribution in [0.15, 0.2) is 12.4 Å². The molecule has 0 radical (unpaired) electrons. The molecule has 0 bridgehead atoms. The largest absolute Gasteiger partial charge is 0.330 e. The van der Waals surface area contributed by atoms with Gasteiger partial charge in [0.25, 0.3) is 0 Å². The second-order valence-electron chi connectivity index (χ2n) is 4.37. The van der Waals surface area contributed by atoms with Crippen LogP contribution < -0.4 is 5.32 Å². The number of nitrogens with zero attached hydrogens (tertiary/aromatic N) is 2. The summed E-state index contributed by atoms with van der Waals surface area (Å²) in [6, 6.07) is 0.513. The van der Waals surface area contributed by atoms with E-state index in [-0.39, 0.29) is 0 Å². The van der Waals surface area contributed by atoms with Crippen molar-refractivity contribution >= 4 is 0 Å². The minimum Gasteiger partial charge on any atom is -0.330 e. The second kappa shape index (κ2) is 5.91. The molecule has 0 fully saturated rings. The lowest BCUT2D eigenvalue weighted by Gasteiger charge is -2.24. The summed E-state index contributed by atoms with van der Waals surface area (Å²) in [6.07, 6.45) is 6.24. The monoisotopic (exact) mass is 209 g/mol. The van der Waals surface area contributed by atoms with Crippen molar-refractivity contribution in [1.82, 2.24) is 14.9 Å². The molecule has 3 nitrogen and oxygen atoms in total. The summed E-state index contributed by atoms with van der Waals surface area (Å²) < 4.78 is 2.32. The number of hydrogen-bond acceptors (Lipinski definition) is 2. The van der Waals surface area contributed by atoms with Crippen molar-refractivity contribution in [2.24, 2.45) is 5.92 Å². The molecular formula is C12H23N3. The SMILES string of the molecule is CCCc1nccn1C(CNC)C(C)C. The molecule has 0 spiro atoms. The highest BCUT2D eigenvalue weighted by molar-refractivity contribution is 4.96. The standard InChI is InChI=1S/C12H23N3/c1-5-6-12-14-7-8-15(12)11(9-13-4)10(2)3/h7-8,10-11,13H,5-6,9H2,1-4H3. The first-order chi connectivity index (χ1) is 7.20. The minimum atomic E-state index is 0.513. The zero-order valence-corrected chi connectivity index (χ0v) is 10.3. The molecule has 0 saturated heterocycles. The lowest BCUT2D eigenvalue weighted by molar-refractivity contribution is 0.356. The highest BCUT2D eigenvalue weighted by Gasteiger charge is 2.16. The number of aromatic nitrogens is 2. The Balaban J connectivity index is 2.84. The van der Waals surface area contributed by atoms with Gasteiger partial charge in [0.15, 0.2) is 0 Å². The summed E-state index contributed by atoms with van der Waals surface area (Å²) >= 11 is 0. The fraction of sp³-hybridized carbons (Fsp3) is 0.750. The van der Waals surface area contributed by atoms with Crippen LogP contribution >= 0.6 is 0 Å².